The van der Waals surface area contributed by atoms with Crippen LogP contribution < -0.4 is 5.32 Å². The number of pyridine rings is 3. The molecule has 0 atom stereocenters. The van der Waals surface area contributed by atoms with Crippen molar-refractivity contribution in [3.05, 3.63) is 88.9 Å². The van der Waals surface area contributed by atoms with Crippen molar-refractivity contribution >= 4 is 21.4 Å². The molecule has 194 valence electrons. The van der Waals surface area contributed by atoms with E-state index in [1.165, 1.54) is 30.6 Å². The average Bonchev–Trinajstić information content (AvgIpc) is 3.23. The molecule has 1 amide bonds. The maximum atomic E-state index is 13.4. The summed E-state index contributed by atoms with van der Waals surface area (Å²) < 4.78 is 65.8. The number of amides is 1. The van der Waals surface area contributed by atoms with Gasteiger partial charge < -0.3 is 9.72 Å². The van der Waals surface area contributed by atoms with Crippen molar-refractivity contribution in [1.82, 2.24) is 24.7 Å². The van der Waals surface area contributed by atoms with E-state index in [9.17, 15) is 26.4 Å². The van der Waals surface area contributed by atoms with Crippen LogP contribution in [0.2, 0.25) is 0 Å². The zero-order valence-electron chi connectivity index (χ0n) is 20.1. The van der Waals surface area contributed by atoms with Crippen LogP contribution in [0.15, 0.2) is 59.9 Å². The number of aromatic nitrogens is 4. The number of nitrogens with zero attached hydrogens (tertiary/aromatic N) is 4. The minimum absolute atomic E-state index is 0.0339. The molecule has 1 N–H and O–H groups in total. The highest BCUT2D eigenvalue weighted by molar-refractivity contribution is 7.91. The van der Waals surface area contributed by atoms with Gasteiger partial charge in [0.05, 0.1) is 39.8 Å². The Balaban J connectivity index is 1.54. The lowest BCUT2D eigenvalue weighted by molar-refractivity contribution is -0.138. The molecule has 4 aromatic heterocycles. The third kappa shape index (κ3) is 5.63. The lowest BCUT2D eigenvalue weighted by atomic mass is 10.1. The summed E-state index contributed by atoms with van der Waals surface area (Å²) in [6.07, 6.45) is 0.129. The van der Waals surface area contributed by atoms with Crippen LogP contribution in [0.5, 0.6) is 0 Å². The lowest BCUT2D eigenvalue weighted by Crippen LogP contribution is -2.23. The number of fused-ring (bicyclic) bond motifs is 1. The van der Waals surface area contributed by atoms with E-state index in [0.29, 0.717) is 29.0 Å². The van der Waals surface area contributed by atoms with Crippen molar-refractivity contribution < 1.29 is 26.4 Å². The summed E-state index contributed by atoms with van der Waals surface area (Å²) in [6, 6.07) is 8.39. The molecule has 12 heteroatoms. The molecule has 0 saturated heterocycles. The zero-order chi connectivity index (χ0) is 26.8. The maximum absolute atomic E-state index is 13.4. The third-order valence-electron chi connectivity index (χ3n) is 5.90. The van der Waals surface area contributed by atoms with Crippen molar-refractivity contribution in [1.29, 1.82) is 0 Å². The first-order valence-corrected chi connectivity index (χ1v) is 13.2. The summed E-state index contributed by atoms with van der Waals surface area (Å²) in [5.74, 6) is -0.436. The van der Waals surface area contributed by atoms with Gasteiger partial charge in [0.1, 0.15) is 5.65 Å². The first-order chi connectivity index (χ1) is 17.5. The minimum atomic E-state index is -4.53. The minimum Gasteiger partial charge on any atom is -0.346 e. The Labute approximate surface area is 211 Å². The molecular formula is C25H24F3N5O3S. The fraction of sp³-hybridized carbons (Fsp3) is 0.280. The highest BCUT2D eigenvalue weighted by Crippen LogP contribution is 2.32. The van der Waals surface area contributed by atoms with Gasteiger partial charge in [0, 0.05) is 36.3 Å². The van der Waals surface area contributed by atoms with E-state index >= 15 is 0 Å². The van der Waals surface area contributed by atoms with E-state index < -0.39 is 27.5 Å². The van der Waals surface area contributed by atoms with Crippen LogP contribution in [0.3, 0.4) is 0 Å². The van der Waals surface area contributed by atoms with Crippen LogP contribution in [0.4, 0.5) is 13.2 Å². The Hall–Kier alpha value is -3.80. The van der Waals surface area contributed by atoms with E-state index in [2.05, 4.69) is 20.3 Å². The van der Waals surface area contributed by atoms with E-state index in [0.717, 1.165) is 11.8 Å². The predicted octanol–water partition coefficient (Wildman–Crippen LogP) is 4.02. The quantitative estimate of drug-likeness (QED) is 0.368. The standard InChI is InChI=1S/C25H24F3N5O3S/c1-3-22-21(13-20-19(25(26,27)28)6-5-10-29-20)32-23-12-16(9-11-33(22)23)24(34)31-14-17-7-8-18(15-30-17)37(35,36)4-2/h5-12,15H,3-4,13-14H2,1-2H3,(H,31,34). The number of halogens is 3. The third-order valence-corrected chi connectivity index (χ3v) is 7.62. The highest BCUT2D eigenvalue weighted by Gasteiger charge is 2.34. The van der Waals surface area contributed by atoms with E-state index in [1.54, 1.807) is 29.7 Å². The second kappa shape index (κ2) is 10.3. The van der Waals surface area contributed by atoms with Crippen LogP contribution in [0, 0.1) is 0 Å². The SMILES string of the molecule is CCc1c(Cc2ncccc2C(F)(F)F)nc2cc(C(=O)NCc3ccc(S(=O)(=O)CC)cn3)ccn12. The number of hydrogen-bond donors (Lipinski definition) is 1. The molecule has 0 aliphatic heterocycles. The van der Waals surface area contributed by atoms with Crippen molar-refractivity contribution in [3.8, 4) is 0 Å². The molecule has 37 heavy (non-hydrogen) atoms. The summed E-state index contributed by atoms with van der Waals surface area (Å²) in [4.78, 5) is 25.4. The summed E-state index contributed by atoms with van der Waals surface area (Å²) in [7, 11) is -3.36. The Morgan fingerprint density at radius 3 is 2.51 bits per heavy atom. The predicted molar refractivity (Wildman–Crippen MR) is 130 cm³/mol. The molecule has 0 aliphatic rings. The van der Waals surface area contributed by atoms with Crippen molar-refractivity contribution in [2.45, 2.75) is 44.3 Å². The molecule has 8 nitrogen and oxygen atoms in total. The molecule has 0 unspecified atom stereocenters. The normalized spacial score (nSPS) is 12.1. The van der Waals surface area contributed by atoms with Gasteiger partial charge in [-0.05, 0) is 42.8 Å². The molecule has 0 fully saturated rings. The second-order valence-corrected chi connectivity index (χ2v) is 10.5. The summed E-state index contributed by atoms with van der Waals surface area (Å²) in [5.41, 5.74) is 1.49. The number of carbonyl (C=O) groups excluding carboxylic acids is 1. The number of rotatable bonds is 8. The van der Waals surface area contributed by atoms with Crippen molar-refractivity contribution in [2.24, 2.45) is 0 Å². The zero-order valence-corrected chi connectivity index (χ0v) is 20.9. The van der Waals surface area contributed by atoms with E-state index in [-0.39, 0.29) is 29.3 Å². The van der Waals surface area contributed by atoms with Gasteiger partial charge in [-0.2, -0.15) is 13.2 Å². The second-order valence-electron chi connectivity index (χ2n) is 8.25. The number of nitrogens with one attached hydrogen (secondary N) is 1. The molecular weight excluding hydrogens is 507 g/mol. The summed E-state index contributed by atoms with van der Waals surface area (Å²) in [5, 5.41) is 2.73. The van der Waals surface area contributed by atoms with Crippen LogP contribution in [-0.4, -0.2) is 39.4 Å². The number of carbonyl (C=O) groups is 1. The fourth-order valence-electron chi connectivity index (χ4n) is 3.94. The molecule has 0 saturated carbocycles. The van der Waals surface area contributed by atoms with Gasteiger partial charge in [-0.1, -0.05) is 13.8 Å². The Morgan fingerprint density at radius 2 is 1.86 bits per heavy atom. The van der Waals surface area contributed by atoms with Crippen molar-refractivity contribution in [2.75, 3.05) is 5.75 Å². The number of alkyl halides is 3. The Morgan fingerprint density at radius 1 is 1.08 bits per heavy atom. The van der Waals surface area contributed by atoms with Crippen LogP contribution in [0.1, 0.15) is 52.5 Å². The number of imidazole rings is 1. The first kappa shape index (κ1) is 26.3. The topological polar surface area (TPSA) is 106 Å². The van der Waals surface area contributed by atoms with Gasteiger partial charge >= 0.3 is 6.18 Å². The molecule has 0 aromatic carbocycles. The van der Waals surface area contributed by atoms with E-state index in [1.807, 2.05) is 6.92 Å². The van der Waals surface area contributed by atoms with Crippen LogP contribution in [0.25, 0.3) is 5.65 Å². The maximum Gasteiger partial charge on any atom is 0.418 e. The Kier molecular flexibility index (Phi) is 7.30. The molecule has 0 aliphatic carbocycles. The number of hydrogen-bond acceptors (Lipinski definition) is 6. The molecule has 4 rings (SSSR count). The molecule has 4 heterocycles. The summed E-state index contributed by atoms with van der Waals surface area (Å²) in [6.45, 7) is 3.50. The molecule has 4 aromatic rings. The summed E-state index contributed by atoms with van der Waals surface area (Å²) >= 11 is 0. The van der Waals surface area contributed by atoms with Gasteiger partial charge in [0.2, 0.25) is 0 Å². The monoisotopic (exact) mass is 531 g/mol. The molecule has 0 bridgehead atoms. The van der Waals surface area contributed by atoms with Crippen molar-refractivity contribution in [3.63, 3.8) is 0 Å². The number of sulfone groups is 1. The van der Waals surface area contributed by atoms with Gasteiger partial charge in [0.15, 0.2) is 9.84 Å². The Bertz CT molecular complexity index is 1550. The first-order valence-electron chi connectivity index (χ1n) is 11.5. The fourth-order valence-corrected chi connectivity index (χ4v) is 4.76. The average molecular weight is 532 g/mol. The van der Waals surface area contributed by atoms with Crippen LogP contribution in [-0.2, 0) is 35.4 Å². The van der Waals surface area contributed by atoms with Gasteiger partial charge in [-0.25, -0.2) is 13.4 Å². The largest absolute Gasteiger partial charge is 0.418 e. The number of aryl methyl sites for hydroxylation is 1. The lowest BCUT2D eigenvalue weighted by Gasteiger charge is -2.11. The van der Waals surface area contributed by atoms with E-state index in [4.69, 9.17) is 0 Å². The van der Waals surface area contributed by atoms with Gasteiger partial charge in [0.25, 0.3) is 5.91 Å². The van der Waals surface area contributed by atoms with Gasteiger partial charge in [-0.3, -0.25) is 14.8 Å². The smallest absolute Gasteiger partial charge is 0.346 e. The van der Waals surface area contributed by atoms with Crippen LogP contribution >= 0.6 is 0 Å². The molecule has 0 spiro atoms. The molecule has 0 radical (unpaired) electrons. The van der Waals surface area contributed by atoms with Gasteiger partial charge in [-0.15, -0.1) is 0 Å². The highest BCUT2D eigenvalue weighted by atomic mass is 32.2.